The Labute approximate surface area is 196 Å². The number of pyridine rings is 1. The van der Waals surface area contributed by atoms with Gasteiger partial charge in [0.2, 0.25) is 0 Å². The molecule has 0 radical (unpaired) electrons. The molecule has 0 aliphatic carbocycles. The summed E-state index contributed by atoms with van der Waals surface area (Å²) in [6.45, 7) is 2.90. The van der Waals surface area contributed by atoms with Crippen LogP contribution in [0.3, 0.4) is 0 Å². The van der Waals surface area contributed by atoms with E-state index >= 15 is 4.39 Å². The van der Waals surface area contributed by atoms with Gasteiger partial charge in [0.25, 0.3) is 5.56 Å². The fourth-order valence-electron chi connectivity index (χ4n) is 4.36. The Morgan fingerprint density at radius 2 is 1.85 bits per heavy atom. The van der Waals surface area contributed by atoms with Gasteiger partial charge in [0, 0.05) is 13.0 Å². The molecule has 33 heavy (non-hydrogen) atoms. The van der Waals surface area contributed by atoms with Gasteiger partial charge in [-0.05, 0) is 67.9 Å². The number of likely N-dealkylation sites (tertiary alicyclic amines) is 1. The molecule has 1 aliphatic heterocycles. The molecule has 0 spiro atoms. The molecule has 5 rings (SSSR count). The highest BCUT2D eigenvalue weighted by Crippen LogP contribution is 2.24. The normalized spacial score (nSPS) is 15.2. The predicted molar refractivity (Wildman–Crippen MR) is 129 cm³/mol. The van der Waals surface area contributed by atoms with Gasteiger partial charge >= 0.3 is 0 Å². The summed E-state index contributed by atoms with van der Waals surface area (Å²) in [6, 6.07) is 17.9. The number of alkyl halides is 1. The summed E-state index contributed by atoms with van der Waals surface area (Å²) in [7, 11) is 0. The van der Waals surface area contributed by atoms with E-state index in [0.717, 1.165) is 30.9 Å². The Morgan fingerprint density at radius 3 is 2.67 bits per heavy atom. The smallest absolute Gasteiger partial charge is 0.265 e. The standard InChI is InChI=1S/C26H24ClFN4O/c27-21-7-1-2-9-25(21)32-17-29-23-11-10-18(14-20(23)26(32)33)15-22(28)24-8-5-6-19(30-24)16-31-12-3-4-13-31/h1-2,5-11,14,17,22H,3-4,12-13,15-16H2/t22-/m0/s1. The number of aromatic nitrogens is 3. The molecule has 0 amide bonds. The van der Waals surface area contributed by atoms with Crippen LogP contribution in [0.1, 0.15) is 36.0 Å². The van der Waals surface area contributed by atoms with Gasteiger partial charge in [-0.2, -0.15) is 0 Å². The van der Waals surface area contributed by atoms with Crippen molar-refractivity contribution in [2.24, 2.45) is 0 Å². The van der Waals surface area contributed by atoms with Gasteiger partial charge in [0.15, 0.2) is 0 Å². The maximum Gasteiger partial charge on any atom is 0.265 e. The molecule has 5 nitrogen and oxygen atoms in total. The SMILES string of the molecule is O=c1c2cc(C[C@H](F)c3cccc(CN4CCCC4)n3)ccc2ncn1-c1ccccc1Cl. The average molecular weight is 463 g/mol. The Bertz CT molecular complexity index is 1350. The Balaban J connectivity index is 1.40. The van der Waals surface area contributed by atoms with Crippen LogP contribution in [0, 0.1) is 0 Å². The third kappa shape index (κ3) is 4.68. The van der Waals surface area contributed by atoms with Crippen molar-refractivity contribution in [2.75, 3.05) is 13.1 Å². The summed E-state index contributed by atoms with van der Waals surface area (Å²) in [4.78, 5) is 24.5. The minimum Gasteiger partial charge on any atom is -0.298 e. The van der Waals surface area contributed by atoms with E-state index < -0.39 is 6.17 Å². The average Bonchev–Trinajstić information content (AvgIpc) is 3.33. The van der Waals surface area contributed by atoms with Gasteiger partial charge in [-0.15, -0.1) is 0 Å². The second-order valence-corrected chi connectivity index (χ2v) is 8.84. The van der Waals surface area contributed by atoms with E-state index in [2.05, 4.69) is 14.9 Å². The zero-order chi connectivity index (χ0) is 22.8. The van der Waals surface area contributed by atoms with Crippen molar-refractivity contribution in [1.82, 2.24) is 19.4 Å². The number of rotatable bonds is 6. The lowest BCUT2D eigenvalue weighted by Gasteiger charge is -2.15. The van der Waals surface area contributed by atoms with Crippen LogP contribution in [0.15, 0.2) is 71.8 Å². The number of nitrogens with zero attached hydrogens (tertiary/aromatic N) is 4. The zero-order valence-electron chi connectivity index (χ0n) is 18.1. The van der Waals surface area contributed by atoms with Gasteiger partial charge in [0.1, 0.15) is 12.5 Å². The Morgan fingerprint density at radius 1 is 1.03 bits per heavy atom. The van der Waals surface area contributed by atoms with Crippen LogP contribution < -0.4 is 5.56 Å². The molecule has 1 aliphatic rings. The highest BCUT2D eigenvalue weighted by molar-refractivity contribution is 6.32. The quantitative estimate of drug-likeness (QED) is 0.391. The van der Waals surface area contributed by atoms with E-state index in [9.17, 15) is 4.79 Å². The third-order valence-electron chi connectivity index (χ3n) is 6.08. The van der Waals surface area contributed by atoms with Crippen molar-refractivity contribution in [2.45, 2.75) is 32.0 Å². The molecular weight excluding hydrogens is 439 g/mol. The number of fused-ring (bicyclic) bond motifs is 1. The molecule has 2 aromatic carbocycles. The molecule has 0 N–H and O–H groups in total. The molecular formula is C26H24ClFN4O. The number of benzene rings is 2. The van der Waals surface area contributed by atoms with Crippen LogP contribution in [0.5, 0.6) is 0 Å². The van der Waals surface area contributed by atoms with Crippen LogP contribution in [0.2, 0.25) is 5.02 Å². The lowest BCUT2D eigenvalue weighted by atomic mass is 10.0. The second-order valence-electron chi connectivity index (χ2n) is 8.43. The maximum absolute atomic E-state index is 15.2. The first-order valence-electron chi connectivity index (χ1n) is 11.2. The van der Waals surface area contributed by atoms with Crippen LogP contribution in [-0.2, 0) is 13.0 Å². The van der Waals surface area contributed by atoms with Gasteiger partial charge in [0.05, 0.1) is 33.0 Å². The van der Waals surface area contributed by atoms with Crippen molar-refractivity contribution >= 4 is 22.5 Å². The van der Waals surface area contributed by atoms with Crippen molar-refractivity contribution in [1.29, 1.82) is 0 Å². The lowest BCUT2D eigenvalue weighted by Crippen LogP contribution is -2.19. The molecule has 1 saturated heterocycles. The molecule has 168 valence electrons. The van der Waals surface area contributed by atoms with Crippen LogP contribution in [0.25, 0.3) is 16.6 Å². The van der Waals surface area contributed by atoms with Crippen molar-refractivity contribution in [3.8, 4) is 5.69 Å². The third-order valence-corrected chi connectivity index (χ3v) is 6.40. The van der Waals surface area contributed by atoms with Gasteiger partial charge in [-0.3, -0.25) is 19.2 Å². The van der Waals surface area contributed by atoms with E-state index in [1.807, 2.05) is 24.3 Å². The summed E-state index contributed by atoms with van der Waals surface area (Å²) in [5.41, 5.74) is 2.92. The summed E-state index contributed by atoms with van der Waals surface area (Å²) >= 11 is 6.27. The molecule has 2 aromatic heterocycles. The summed E-state index contributed by atoms with van der Waals surface area (Å²) in [6.07, 6.45) is 2.76. The largest absolute Gasteiger partial charge is 0.298 e. The van der Waals surface area contributed by atoms with E-state index in [0.29, 0.717) is 27.3 Å². The monoisotopic (exact) mass is 462 g/mol. The first-order chi connectivity index (χ1) is 16.1. The minimum absolute atomic E-state index is 0.135. The number of hydrogen-bond donors (Lipinski definition) is 0. The molecule has 7 heteroatoms. The second kappa shape index (κ2) is 9.41. The lowest BCUT2D eigenvalue weighted by molar-refractivity contribution is 0.317. The highest BCUT2D eigenvalue weighted by Gasteiger charge is 2.17. The van der Waals surface area contributed by atoms with E-state index in [1.54, 1.807) is 36.4 Å². The Hall–Kier alpha value is -3.09. The molecule has 0 unspecified atom stereocenters. The molecule has 3 heterocycles. The van der Waals surface area contributed by atoms with E-state index in [4.69, 9.17) is 11.6 Å². The molecule has 4 aromatic rings. The van der Waals surface area contributed by atoms with E-state index in [-0.39, 0.29) is 12.0 Å². The van der Waals surface area contributed by atoms with Gasteiger partial charge < -0.3 is 0 Å². The molecule has 1 fully saturated rings. The summed E-state index contributed by atoms with van der Waals surface area (Å²) in [5, 5.41) is 0.887. The van der Waals surface area contributed by atoms with Crippen LogP contribution >= 0.6 is 11.6 Å². The van der Waals surface area contributed by atoms with Crippen molar-refractivity contribution < 1.29 is 4.39 Å². The first-order valence-corrected chi connectivity index (χ1v) is 11.5. The van der Waals surface area contributed by atoms with Crippen molar-refractivity contribution in [3.05, 3.63) is 99.3 Å². The topological polar surface area (TPSA) is 51.0 Å². The number of para-hydroxylation sites is 1. The fraction of sp³-hybridized carbons (Fsp3) is 0.269. The molecule has 1 atom stereocenters. The van der Waals surface area contributed by atoms with Gasteiger partial charge in [-0.1, -0.05) is 35.9 Å². The zero-order valence-corrected chi connectivity index (χ0v) is 18.9. The van der Waals surface area contributed by atoms with Crippen molar-refractivity contribution in [3.63, 3.8) is 0 Å². The van der Waals surface area contributed by atoms with Gasteiger partial charge in [-0.25, -0.2) is 9.37 Å². The summed E-state index contributed by atoms with van der Waals surface area (Å²) in [5.74, 6) is 0. The first kappa shape index (κ1) is 21.7. The minimum atomic E-state index is -1.26. The number of halogens is 2. The number of hydrogen-bond acceptors (Lipinski definition) is 4. The fourth-order valence-corrected chi connectivity index (χ4v) is 4.58. The highest BCUT2D eigenvalue weighted by atomic mass is 35.5. The maximum atomic E-state index is 15.2. The van der Waals surface area contributed by atoms with E-state index in [1.165, 1.54) is 23.7 Å². The molecule has 0 bridgehead atoms. The molecule has 0 saturated carbocycles. The summed E-state index contributed by atoms with van der Waals surface area (Å²) < 4.78 is 16.6. The Kier molecular flexibility index (Phi) is 6.20. The van der Waals surface area contributed by atoms with Crippen LogP contribution in [0.4, 0.5) is 4.39 Å². The predicted octanol–water partition coefficient (Wildman–Crippen LogP) is 5.28. The van der Waals surface area contributed by atoms with Crippen LogP contribution in [-0.4, -0.2) is 32.5 Å².